The molecule has 0 aliphatic rings. The highest BCUT2D eigenvalue weighted by atomic mass is 19.1. The number of nitrogens with zero attached hydrogens (tertiary/aromatic N) is 3. The van der Waals surface area contributed by atoms with E-state index in [1.54, 1.807) is 24.1 Å². The van der Waals surface area contributed by atoms with Crippen molar-refractivity contribution in [1.29, 1.82) is 5.26 Å². The lowest BCUT2D eigenvalue weighted by Gasteiger charge is -2.21. The molecule has 0 heterocycles. The molecule has 0 N–H and O–H groups in total. The summed E-state index contributed by atoms with van der Waals surface area (Å²) in [6.07, 6.45) is 0.337. The van der Waals surface area contributed by atoms with Crippen molar-refractivity contribution in [2.24, 2.45) is 0 Å². The third-order valence-electron chi connectivity index (χ3n) is 2.76. The molecule has 1 rings (SSSR count). The van der Waals surface area contributed by atoms with Gasteiger partial charge in [-0.1, -0.05) is 12.1 Å². The average Bonchev–Trinajstić information content (AvgIpc) is 2.38. The van der Waals surface area contributed by atoms with Gasteiger partial charge >= 0.3 is 0 Å². The largest absolute Gasteiger partial charge is 0.344 e. The van der Waals surface area contributed by atoms with Crippen LogP contribution in [-0.4, -0.2) is 42.9 Å². The number of hydrogen-bond acceptors (Lipinski definition) is 3. The summed E-state index contributed by atoms with van der Waals surface area (Å²) in [4.78, 5) is 15.2. The molecule has 0 atom stereocenters. The predicted molar refractivity (Wildman–Crippen MR) is 70.6 cm³/mol. The molecule has 0 saturated carbocycles. The third-order valence-corrected chi connectivity index (χ3v) is 2.76. The first kappa shape index (κ1) is 15.1. The quantitative estimate of drug-likeness (QED) is 0.783. The van der Waals surface area contributed by atoms with Gasteiger partial charge in [-0.2, -0.15) is 5.26 Å². The van der Waals surface area contributed by atoms with Crippen molar-refractivity contribution in [3.63, 3.8) is 0 Å². The first-order valence-electron chi connectivity index (χ1n) is 6.07. The van der Waals surface area contributed by atoms with Crippen molar-refractivity contribution >= 4 is 5.91 Å². The van der Waals surface area contributed by atoms with Gasteiger partial charge in [0.2, 0.25) is 5.91 Å². The highest BCUT2D eigenvalue weighted by Crippen LogP contribution is 2.05. The molecule has 0 radical (unpaired) electrons. The van der Waals surface area contributed by atoms with E-state index in [9.17, 15) is 9.18 Å². The van der Waals surface area contributed by atoms with E-state index < -0.39 is 0 Å². The molecule has 4 nitrogen and oxygen atoms in total. The minimum absolute atomic E-state index is 0.0279. The Hall–Kier alpha value is -1.93. The van der Waals surface area contributed by atoms with E-state index in [0.29, 0.717) is 19.5 Å². The van der Waals surface area contributed by atoms with E-state index in [-0.39, 0.29) is 18.3 Å². The number of likely N-dealkylation sites (N-methyl/N-ethyl adjacent to an activating group) is 2. The summed E-state index contributed by atoms with van der Waals surface area (Å²) in [6.45, 7) is 1.30. The van der Waals surface area contributed by atoms with Crippen LogP contribution in [0.1, 0.15) is 12.0 Å². The number of nitriles is 1. The Bertz CT molecular complexity index is 453. The maximum Gasteiger partial charge on any atom is 0.236 e. The number of carbonyl (C=O) groups is 1. The second kappa shape index (κ2) is 7.49. The van der Waals surface area contributed by atoms with Crippen LogP contribution in [0, 0.1) is 17.1 Å². The highest BCUT2D eigenvalue weighted by molar-refractivity contribution is 5.77. The molecule has 1 amide bonds. The number of hydrogen-bond donors (Lipinski definition) is 0. The lowest BCUT2D eigenvalue weighted by Crippen LogP contribution is -2.36. The van der Waals surface area contributed by atoms with Crippen LogP contribution in [0.2, 0.25) is 0 Å². The smallest absolute Gasteiger partial charge is 0.236 e. The number of rotatable bonds is 6. The Morgan fingerprint density at radius 1 is 1.32 bits per heavy atom. The first-order chi connectivity index (χ1) is 9.02. The van der Waals surface area contributed by atoms with Crippen LogP contribution < -0.4 is 0 Å². The number of amides is 1. The van der Waals surface area contributed by atoms with Gasteiger partial charge in [0.15, 0.2) is 0 Å². The van der Waals surface area contributed by atoms with Gasteiger partial charge in [-0.15, -0.1) is 0 Å². The van der Waals surface area contributed by atoms with Crippen LogP contribution in [0.3, 0.4) is 0 Å². The molecule has 0 fully saturated rings. The first-order valence-corrected chi connectivity index (χ1v) is 6.07. The molecule has 0 unspecified atom stereocenters. The molecule has 5 heteroatoms. The van der Waals surface area contributed by atoms with Gasteiger partial charge in [-0.3, -0.25) is 9.69 Å². The Morgan fingerprint density at radius 2 is 1.95 bits per heavy atom. The zero-order chi connectivity index (χ0) is 14.3. The summed E-state index contributed by atoms with van der Waals surface area (Å²) in [5.74, 6) is -0.293. The van der Waals surface area contributed by atoms with Gasteiger partial charge in [-0.25, -0.2) is 4.39 Å². The maximum absolute atomic E-state index is 12.8. The van der Waals surface area contributed by atoms with Crippen molar-refractivity contribution < 1.29 is 9.18 Å². The Kier molecular flexibility index (Phi) is 5.97. The normalized spacial score (nSPS) is 10.3. The fraction of sp³-hybridized carbons (Fsp3) is 0.429. The lowest BCUT2D eigenvalue weighted by atomic mass is 10.2. The minimum Gasteiger partial charge on any atom is -0.344 e. The van der Waals surface area contributed by atoms with E-state index in [1.165, 1.54) is 12.1 Å². The molecule has 19 heavy (non-hydrogen) atoms. The molecule has 0 aliphatic carbocycles. The molecule has 102 valence electrons. The second-order valence-electron chi connectivity index (χ2n) is 4.52. The van der Waals surface area contributed by atoms with Crippen LogP contribution in [0.4, 0.5) is 4.39 Å². The Morgan fingerprint density at radius 3 is 2.53 bits per heavy atom. The summed E-state index contributed by atoms with van der Waals surface area (Å²) >= 11 is 0. The van der Waals surface area contributed by atoms with E-state index in [1.807, 2.05) is 18.0 Å². The molecule has 0 bridgehead atoms. The maximum atomic E-state index is 12.8. The van der Waals surface area contributed by atoms with Crippen molar-refractivity contribution in [2.75, 3.05) is 27.2 Å². The predicted octanol–water partition coefficient (Wildman–Crippen LogP) is 1.63. The van der Waals surface area contributed by atoms with Crippen molar-refractivity contribution in [3.05, 3.63) is 35.6 Å². The van der Waals surface area contributed by atoms with E-state index >= 15 is 0 Å². The van der Waals surface area contributed by atoms with Crippen LogP contribution in [0.15, 0.2) is 24.3 Å². The fourth-order valence-corrected chi connectivity index (χ4v) is 1.65. The summed E-state index contributed by atoms with van der Waals surface area (Å²) in [5.41, 5.74) is 0.955. The monoisotopic (exact) mass is 263 g/mol. The minimum atomic E-state index is -0.265. The molecule has 1 aromatic rings. The van der Waals surface area contributed by atoms with Gasteiger partial charge in [0.25, 0.3) is 0 Å². The highest BCUT2D eigenvalue weighted by Gasteiger charge is 2.11. The number of halogens is 1. The molecule has 1 aromatic carbocycles. The standard InChI is InChI=1S/C14H18FN3O/c1-17(10-12-4-6-13(15)7-5-12)11-14(19)18(2)9-3-8-16/h4-7H,3,9-11H2,1-2H3. The topological polar surface area (TPSA) is 47.3 Å². The summed E-state index contributed by atoms with van der Waals surface area (Å²) < 4.78 is 12.8. The van der Waals surface area contributed by atoms with Gasteiger partial charge in [-0.05, 0) is 24.7 Å². The van der Waals surface area contributed by atoms with E-state index in [2.05, 4.69) is 0 Å². The SMILES string of the molecule is CN(CC(=O)N(C)CCC#N)Cc1ccc(F)cc1. The second-order valence-corrected chi connectivity index (χ2v) is 4.52. The van der Waals surface area contributed by atoms with Crippen molar-refractivity contribution in [2.45, 2.75) is 13.0 Å². The zero-order valence-corrected chi connectivity index (χ0v) is 11.3. The molecule has 0 aliphatic heterocycles. The molecule has 0 aromatic heterocycles. The summed E-state index contributed by atoms with van der Waals surface area (Å²) in [5, 5.41) is 8.47. The summed E-state index contributed by atoms with van der Waals surface area (Å²) in [6, 6.07) is 8.23. The number of benzene rings is 1. The van der Waals surface area contributed by atoms with Crippen LogP contribution in [0.25, 0.3) is 0 Å². The van der Waals surface area contributed by atoms with Crippen molar-refractivity contribution in [1.82, 2.24) is 9.80 Å². The van der Waals surface area contributed by atoms with Crippen LogP contribution in [-0.2, 0) is 11.3 Å². The molecular weight excluding hydrogens is 245 g/mol. The van der Waals surface area contributed by atoms with Crippen LogP contribution in [0.5, 0.6) is 0 Å². The molecular formula is C14H18FN3O. The number of carbonyl (C=O) groups excluding carboxylic acids is 1. The Balaban J connectivity index is 2.42. The Labute approximate surface area is 113 Å². The zero-order valence-electron chi connectivity index (χ0n) is 11.3. The fourth-order valence-electron chi connectivity index (χ4n) is 1.65. The van der Waals surface area contributed by atoms with Gasteiger partial charge in [0.1, 0.15) is 5.82 Å². The van der Waals surface area contributed by atoms with Gasteiger partial charge < -0.3 is 4.90 Å². The lowest BCUT2D eigenvalue weighted by molar-refractivity contribution is -0.130. The summed E-state index contributed by atoms with van der Waals surface area (Å²) in [7, 11) is 3.52. The van der Waals surface area contributed by atoms with E-state index in [4.69, 9.17) is 5.26 Å². The van der Waals surface area contributed by atoms with E-state index in [0.717, 1.165) is 5.56 Å². The van der Waals surface area contributed by atoms with Gasteiger partial charge in [0.05, 0.1) is 19.0 Å². The average molecular weight is 263 g/mol. The molecule has 0 saturated heterocycles. The van der Waals surface area contributed by atoms with Crippen LogP contribution >= 0.6 is 0 Å². The van der Waals surface area contributed by atoms with Crippen molar-refractivity contribution in [3.8, 4) is 6.07 Å². The molecule has 0 spiro atoms. The van der Waals surface area contributed by atoms with Gasteiger partial charge in [0, 0.05) is 20.1 Å². The third kappa shape index (κ3) is 5.49.